The first-order valence-corrected chi connectivity index (χ1v) is 10.9. The number of hydrogen-bond donors (Lipinski definition) is 1. The number of H-pyrrole nitrogens is 1. The molecule has 2 aromatic carbocycles. The van der Waals surface area contributed by atoms with Gasteiger partial charge in [-0.15, -0.1) is 0 Å². The van der Waals surface area contributed by atoms with E-state index in [0.717, 1.165) is 56.0 Å². The maximum atomic E-state index is 11.9. The molecule has 1 N–H and O–H groups in total. The Kier molecular flexibility index (Phi) is 5.30. The zero-order valence-corrected chi connectivity index (χ0v) is 17.8. The number of benzene rings is 2. The van der Waals surface area contributed by atoms with Gasteiger partial charge in [-0.2, -0.15) is 0 Å². The molecule has 0 spiro atoms. The molecule has 0 aliphatic carbocycles. The quantitative estimate of drug-likeness (QED) is 0.545. The Hall–Kier alpha value is -3.38. The molecule has 2 aromatic heterocycles. The van der Waals surface area contributed by atoms with Crippen molar-refractivity contribution >= 4 is 16.6 Å². The second kappa shape index (κ2) is 8.40. The van der Waals surface area contributed by atoms with E-state index in [0.29, 0.717) is 0 Å². The summed E-state index contributed by atoms with van der Waals surface area (Å²) in [7, 11) is 0. The predicted octanol–water partition coefficient (Wildman–Crippen LogP) is 3.39. The molecule has 0 atom stereocenters. The van der Waals surface area contributed by atoms with Crippen molar-refractivity contribution in [3.8, 4) is 5.69 Å². The fourth-order valence-electron chi connectivity index (χ4n) is 4.40. The van der Waals surface area contributed by atoms with Crippen molar-refractivity contribution in [3.63, 3.8) is 0 Å². The van der Waals surface area contributed by atoms with E-state index in [9.17, 15) is 4.79 Å². The monoisotopic (exact) mass is 413 g/mol. The number of anilines is 1. The van der Waals surface area contributed by atoms with E-state index in [1.165, 1.54) is 16.6 Å². The first-order valence-electron chi connectivity index (χ1n) is 10.9. The maximum Gasteiger partial charge on any atom is 0.330 e. The van der Waals surface area contributed by atoms with Gasteiger partial charge >= 0.3 is 5.69 Å². The number of fused-ring (bicyclic) bond motifs is 1. The van der Waals surface area contributed by atoms with Gasteiger partial charge in [0.05, 0.1) is 11.2 Å². The van der Waals surface area contributed by atoms with Crippen LogP contribution in [0.5, 0.6) is 0 Å². The Bertz CT molecular complexity index is 1250. The molecule has 3 heterocycles. The van der Waals surface area contributed by atoms with E-state index in [1.807, 2.05) is 19.1 Å². The first-order chi connectivity index (χ1) is 15.2. The molecule has 1 aliphatic rings. The highest BCUT2D eigenvalue weighted by Gasteiger charge is 2.18. The number of rotatable bonds is 5. The maximum absolute atomic E-state index is 11.9. The number of nitrogens with zero attached hydrogens (tertiary/aromatic N) is 4. The molecule has 6 heteroatoms. The van der Waals surface area contributed by atoms with Crippen molar-refractivity contribution in [1.29, 1.82) is 0 Å². The Morgan fingerprint density at radius 2 is 1.84 bits per heavy atom. The second-order valence-electron chi connectivity index (χ2n) is 8.18. The van der Waals surface area contributed by atoms with E-state index < -0.39 is 0 Å². The van der Waals surface area contributed by atoms with Gasteiger partial charge in [-0.3, -0.25) is 14.5 Å². The summed E-state index contributed by atoms with van der Waals surface area (Å²) in [6.07, 6.45) is 4.41. The van der Waals surface area contributed by atoms with Crippen molar-refractivity contribution in [3.05, 3.63) is 88.7 Å². The Morgan fingerprint density at radius 1 is 1.00 bits per heavy atom. The molecule has 0 unspecified atom stereocenters. The van der Waals surface area contributed by atoms with Gasteiger partial charge in [0.1, 0.15) is 0 Å². The predicted molar refractivity (Wildman–Crippen MR) is 125 cm³/mol. The molecule has 1 saturated heterocycles. The number of hydrogen-bond acceptors (Lipinski definition) is 4. The van der Waals surface area contributed by atoms with Gasteiger partial charge in [-0.05, 0) is 55.3 Å². The van der Waals surface area contributed by atoms with Gasteiger partial charge in [-0.1, -0.05) is 18.2 Å². The normalized spacial score (nSPS) is 14.9. The van der Waals surface area contributed by atoms with Crippen LogP contribution in [0.15, 0.2) is 71.8 Å². The Balaban J connectivity index is 1.21. The SMILES string of the molecule is Cc1ccc2c(N3CCN(CCc4cccc(-n5cc[nH]c5=O)c4)CC3)cccc2n1. The van der Waals surface area contributed by atoms with Gasteiger partial charge in [0, 0.05) is 61.9 Å². The molecular formula is C25H27N5O. The molecule has 0 bridgehead atoms. The fraction of sp³-hybridized carbons (Fsp3) is 0.280. The largest absolute Gasteiger partial charge is 0.368 e. The lowest BCUT2D eigenvalue weighted by Crippen LogP contribution is -2.47. The molecule has 4 aromatic rings. The molecule has 6 nitrogen and oxygen atoms in total. The molecule has 158 valence electrons. The summed E-state index contributed by atoms with van der Waals surface area (Å²) >= 11 is 0. The average molecular weight is 414 g/mol. The van der Waals surface area contributed by atoms with Crippen molar-refractivity contribution in [2.45, 2.75) is 13.3 Å². The lowest BCUT2D eigenvalue weighted by Gasteiger charge is -2.36. The number of pyridine rings is 1. The number of aromatic nitrogens is 3. The molecule has 0 saturated carbocycles. The average Bonchev–Trinajstić information content (AvgIpc) is 3.23. The van der Waals surface area contributed by atoms with Crippen molar-refractivity contribution in [2.75, 3.05) is 37.6 Å². The van der Waals surface area contributed by atoms with Crippen LogP contribution < -0.4 is 10.6 Å². The smallest absolute Gasteiger partial charge is 0.330 e. The highest BCUT2D eigenvalue weighted by Crippen LogP contribution is 2.27. The summed E-state index contributed by atoms with van der Waals surface area (Å²) in [5, 5.41) is 1.23. The van der Waals surface area contributed by atoms with Crippen LogP contribution in [-0.2, 0) is 6.42 Å². The van der Waals surface area contributed by atoms with E-state index in [2.05, 4.69) is 62.2 Å². The van der Waals surface area contributed by atoms with E-state index in [-0.39, 0.29) is 5.69 Å². The highest BCUT2D eigenvalue weighted by atomic mass is 16.1. The summed E-state index contributed by atoms with van der Waals surface area (Å²) in [6.45, 7) is 7.20. The van der Waals surface area contributed by atoms with Gasteiger partial charge in [-0.25, -0.2) is 4.79 Å². The van der Waals surface area contributed by atoms with Crippen LogP contribution in [0.25, 0.3) is 16.6 Å². The third-order valence-corrected chi connectivity index (χ3v) is 6.12. The molecule has 0 amide bonds. The van der Waals surface area contributed by atoms with Crippen molar-refractivity contribution < 1.29 is 0 Å². The van der Waals surface area contributed by atoms with Crippen LogP contribution >= 0.6 is 0 Å². The first kappa shape index (κ1) is 19.6. The van der Waals surface area contributed by atoms with E-state index in [1.54, 1.807) is 17.0 Å². The minimum atomic E-state index is -0.105. The lowest BCUT2D eigenvalue weighted by atomic mass is 10.1. The molecule has 0 radical (unpaired) electrons. The molecule has 1 fully saturated rings. The second-order valence-corrected chi connectivity index (χ2v) is 8.18. The van der Waals surface area contributed by atoms with Crippen LogP contribution in [0.4, 0.5) is 5.69 Å². The zero-order valence-electron chi connectivity index (χ0n) is 17.8. The van der Waals surface area contributed by atoms with Crippen LogP contribution in [0.2, 0.25) is 0 Å². The summed E-state index contributed by atoms with van der Waals surface area (Å²) in [4.78, 5) is 24.3. The van der Waals surface area contributed by atoms with Gasteiger partial charge in [0.2, 0.25) is 0 Å². The van der Waals surface area contributed by atoms with Crippen LogP contribution in [0, 0.1) is 6.92 Å². The number of piperazine rings is 1. The third-order valence-electron chi connectivity index (χ3n) is 6.12. The summed E-state index contributed by atoms with van der Waals surface area (Å²) in [5.74, 6) is 0. The van der Waals surface area contributed by atoms with Crippen LogP contribution in [0.3, 0.4) is 0 Å². The molecule has 1 aliphatic heterocycles. The van der Waals surface area contributed by atoms with Gasteiger partial charge < -0.3 is 9.88 Å². The highest BCUT2D eigenvalue weighted by molar-refractivity contribution is 5.92. The van der Waals surface area contributed by atoms with Crippen LogP contribution in [0.1, 0.15) is 11.3 Å². The van der Waals surface area contributed by atoms with Gasteiger partial charge in [0.25, 0.3) is 0 Å². The molecular weight excluding hydrogens is 386 g/mol. The fourth-order valence-corrected chi connectivity index (χ4v) is 4.40. The topological polar surface area (TPSA) is 57.2 Å². The van der Waals surface area contributed by atoms with Gasteiger partial charge in [0.15, 0.2) is 0 Å². The molecule has 31 heavy (non-hydrogen) atoms. The zero-order chi connectivity index (χ0) is 21.2. The Labute approximate surface area is 181 Å². The minimum Gasteiger partial charge on any atom is -0.368 e. The number of aromatic amines is 1. The van der Waals surface area contributed by atoms with Crippen molar-refractivity contribution in [2.24, 2.45) is 0 Å². The lowest BCUT2D eigenvalue weighted by molar-refractivity contribution is 0.261. The Morgan fingerprint density at radius 3 is 2.65 bits per heavy atom. The third kappa shape index (κ3) is 4.11. The van der Waals surface area contributed by atoms with E-state index in [4.69, 9.17) is 0 Å². The van der Waals surface area contributed by atoms with Crippen molar-refractivity contribution in [1.82, 2.24) is 19.4 Å². The minimum absolute atomic E-state index is 0.105. The van der Waals surface area contributed by atoms with Crippen LogP contribution in [-0.4, -0.2) is 52.2 Å². The summed E-state index contributed by atoms with van der Waals surface area (Å²) in [5.41, 5.74) is 5.47. The summed E-state index contributed by atoms with van der Waals surface area (Å²) in [6, 6.07) is 19.0. The standard InChI is InChI=1S/C25H27N5O/c1-19-8-9-22-23(27-19)6-3-7-24(22)29-16-14-28(15-17-29)12-10-20-4-2-5-21(18-20)30-13-11-26-25(30)31/h2-9,11,13,18H,10,12,14-17H2,1H3,(H,26,31). The molecule has 5 rings (SSSR count). The number of nitrogens with one attached hydrogen (secondary N) is 1. The number of aryl methyl sites for hydroxylation is 1. The van der Waals surface area contributed by atoms with E-state index >= 15 is 0 Å². The number of imidazole rings is 1. The summed E-state index contributed by atoms with van der Waals surface area (Å²) < 4.78 is 1.64.